The van der Waals surface area contributed by atoms with E-state index in [0.717, 1.165) is 11.6 Å². The van der Waals surface area contributed by atoms with E-state index in [9.17, 15) is 22.0 Å². The molecule has 39 heavy (non-hydrogen) atoms. The van der Waals surface area contributed by atoms with E-state index in [1.165, 1.54) is 18.5 Å². The van der Waals surface area contributed by atoms with Gasteiger partial charge in [-0.2, -0.15) is 0 Å². The van der Waals surface area contributed by atoms with Crippen LogP contribution in [0.15, 0.2) is 66.0 Å². The predicted octanol–water partition coefficient (Wildman–Crippen LogP) is 3.51. The van der Waals surface area contributed by atoms with Gasteiger partial charge in [0.15, 0.2) is 9.84 Å². The third-order valence-corrected chi connectivity index (χ3v) is 8.36. The van der Waals surface area contributed by atoms with Crippen LogP contribution in [-0.4, -0.2) is 59.5 Å². The molecule has 2 aliphatic rings. The van der Waals surface area contributed by atoms with Gasteiger partial charge in [0, 0.05) is 55.2 Å². The number of carbonyl (C=O) groups excluding carboxylic acids is 1. The van der Waals surface area contributed by atoms with Crippen molar-refractivity contribution in [3.05, 3.63) is 72.3 Å². The normalized spacial score (nSPS) is 19.9. The standard InChI is InChI=1S/C27H24F2N6O3S/c1-39(37,38)19-9-17(11-30-14-19)26(36)32-13-18-10-24-16(12-31-18)5-6-23(33-24)22-3-2-4-25(34-22)35-8-7-20-21(15-35)27(20,28)29/h2-6,9-12,14,20-21H,7-8,13,15H2,1H3,(H,32,36). The third-order valence-electron chi connectivity index (χ3n) is 7.28. The Kier molecular flexibility index (Phi) is 6.01. The van der Waals surface area contributed by atoms with Crippen molar-refractivity contribution in [2.45, 2.75) is 23.8 Å². The molecule has 1 amide bonds. The SMILES string of the molecule is CS(=O)(=O)c1cncc(C(=O)NCc2cc3nc(-c4cccc(N5CCC6C(C5)C6(F)F)n4)ccc3cn2)c1. The zero-order valence-electron chi connectivity index (χ0n) is 20.9. The number of halogens is 2. The number of alkyl halides is 2. The molecule has 1 saturated heterocycles. The maximum Gasteiger partial charge on any atom is 0.256 e. The molecule has 0 aromatic carbocycles. The number of carbonyl (C=O) groups is 1. The van der Waals surface area contributed by atoms with E-state index in [2.05, 4.69) is 15.3 Å². The van der Waals surface area contributed by atoms with Gasteiger partial charge < -0.3 is 10.2 Å². The van der Waals surface area contributed by atoms with Crippen LogP contribution in [0.1, 0.15) is 22.5 Å². The monoisotopic (exact) mass is 550 g/mol. The van der Waals surface area contributed by atoms with Crippen LogP contribution in [0.4, 0.5) is 14.6 Å². The van der Waals surface area contributed by atoms with Crippen LogP contribution in [0.5, 0.6) is 0 Å². The summed E-state index contributed by atoms with van der Waals surface area (Å²) in [5.74, 6) is -3.48. The van der Waals surface area contributed by atoms with E-state index >= 15 is 0 Å². The number of piperidine rings is 1. The minimum Gasteiger partial charge on any atom is -0.356 e. The van der Waals surface area contributed by atoms with E-state index in [-0.39, 0.29) is 17.0 Å². The van der Waals surface area contributed by atoms with E-state index in [0.29, 0.717) is 47.9 Å². The fraction of sp³-hybridized carbons (Fsp3) is 0.296. The zero-order chi connectivity index (χ0) is 27.4. The number of anilines is 1. The van der Waals surface area contributed by atoms with Gasteiger partial charge in [0.1, 0.15) is 5.82 Å². The summed E-state index contributed by atoms with van der Waals surface area (Å²) < 4.78 is 51.2. The van der Waals surface area contributed by atoms with Gasteiger partial charge in [-0.15, -0.1) is 0 Å². The molecule has 4 aromatic heterocycles. The topological polar surface area (TPSA) is 118 Å². The molecule has 2 atom stereocenters. The van der Waals surface area contributed by atoms with Crippen molar-refractivity contribution in [1.82, 2.24) is 25.3 Å². The molecule has 0 radical (unpaired) electrons. The van der Waals surface area contributed by atoms with E-state index < -0.39 is 33.5 Å². The number of nitrogens with one attached hydrogen (secondary N) is 1. The highest BCUT2D eigenvalue weighted by molar-refractivity contribution is 7.90. The summed E-state index contributed by atoms with van der Waals surface area (Å²) in [7, 11) is -3.49. The average Bonchev–Trinajstić information content (AvgIpc) is 3.50. The number of sulfone groups is 1. The number of rotatable bonds is 6. The Morgan fingerprint density at radius 3 is 2.69 bits per heavy atom. The molecule has 0 spiro atoms. The summed E-state index contributed by atoms with van der Waals surface area (Å²) in [5.41, 5.74) is 2.59. The summed E-state index contributed by atoms with van der Waals surface area (Å²) in [4.78, 5) is 32.1. The molecule has 2 fully saturated rings. The molecule has 0 bridgehead atoms. The van der Waals surface area contributed by atoms with Crippen LogP contribution < -0.4 is 10.2 Å². The van der Waals surface area contributed by atoms with Gasteiger partial charge in [0.25, 0.3) is 11.8 Å². The van der Waals surface area contributed by atoms with Crippen molar-refractivity contribution in [3.8, 4) is 11.4 Å². The van der Waals surface area contributed by atoms with E-state index in [1.54, 1.807) is 12.3 Å². The van der Waals surface area contributed by atoms with Gasteiger partial charge in [-0.05, 0) is 42.8 Å². The number of pyridine rings is 4. The Labute approximate surface area is 223 Å². The first-order valence-electron chi connectivity index (χ1n) is 12.4. The van der Waals surface area contributed by atoms with E-state index in [1.807, 2.05) is 35.2 Å². The lowest BCUT2D eigenvalue weighted by molar-refractivity contribution is 0.0869. The Bertz CT molecular complexity index is 1720. The second-order valence-electron chi connectivity index (χ2n) is 9.93. The number of amides is 1. The maximum absolute atomic E-state index is 13.8. The highest BCUT2D eigenvalue weighted by atomic mass is 32.2. The predicted molar refractivity (Wildman–Crippen MR) is 140 cm³/mol. The molecule has 1 N–H and O–H groups in total. The fourth-order valence-electron chi connectivity index (χ4n) is 4.99. The summed E-state index contributed by atoms with van der Waals surface area (Å²) in [6.45, 7) is 0.946. The molecule has 1 saturated carbocycles. The Hall–Kier alpha value is -4.06. The lowest BCUT2D eigenvalue weighted by Gasteiger charge is -2.26. The maximum atomic E-state index is 13.8. The zero-order valence-corrected chi connectivity index (χ0v) is 21.7. The summed E-state index contributed by atoms with van der Waals surface area (Å²) in [5, 5.41) is 3.53. The van der Waals surface area contributed by atoms with Gasteiger partial charge in [-0.3, -0.25) is 14.8 Å². The highest BCUT2D eigenvalue weighted by Gasteiger charge is 2.69. The minimum atomic E-state index is -3.49. The molecule has 200 valence electrons. The second kappa shape index (κ2) is 9.30. The van der Waals surface area contributed by atoms with Gasteiger partial charge >= 0.3 is 0 Å². The van der Waals surface area contributed by atoms with Gasteiger partial charge in [-0.1, -0.05) is 6.07 Å². The van der Waals surface area contributed by atoms with Crippen LogP contribution in [0.2, 0.25) is 0 Å². The van der Waals surface area contributed by atoms with Crippen molar-refractivity contribution in [2.75, 3.05) is 24.2 Å². The first-order valence-corrected chi connectivity index (χ1v) is 14.3. The molecule has 6 rings (SSSR count). The summed E-state index contributed by atoms with van der Waals surface area (Å²) in [6, 6.07) is 12.3. The lowest BCUT2D eigenvalue weighted by atomic mass is 10.1. The molecule has 4 aromatic rings. The molecule has 1 aliphatic carbocycles. The molecule has 9 nitrogen and oxygen atoms in total. The fourth-order valence-corrected chi connectivity index (χ4v) is 5.59. The smallest absolute Gasteiger partial charge is 0.256 e. The van der Waals surface area contributed by atoms with Gasteiger partial charge in [-0.25, -0.2) is 27.2 Å². The van der Waals surface area contributed by atoms with Crippen molar-refractivity contribution >= 4 is 32.5 Å². The molecular formula is C27H24F2N6O3S. The Balaban J connectivity index is 1.19. The molecular weight excluding hydrogens is 526 g/mol. The minimum absolute atomic E-state index is 0.0386. The van der Waals surface area contributed by atoms with Crippen LogP contribution in [-0.2, 0) is 16.4 Å². The summed E-state index contributed by atoms with van der Waals surface area (Å²) >= 11 is 0. The quantitative estimate of drug-likeness (QED) is 0.388. The Morgan fingerprint density at radius 2 is 1.90 bits per heavy atom. The number of hydrogen-bond donors (Lipinski definition) is 1. The number of aromatic nitrogens is 4. The number of hydrogen-bond acceptors (Lipinski definition) is 8. The van der Waals surface area contributed by atoms with Crippen molar-refractivity contribution in [1.29, 1.82) is 0 Å². The molecule has 12 heteroatoms. The van der Waals surface area contributed by atoms with Crippen LogP contribution in [0.3, 0.4) is 0 Å². The highest BCUT2D eigenvalue weighted by Crippen LogP contribution is 2.59. The molecule has 5 heterocycles. The largest absolute Gasteiger partial charge is 0.356 e. The third kappa shape index (κ3) is 4.91. The first-order chi connectivity index (χ1) is 18.6. The number of fused-ring (bicyclic) bond motifs is 2. The van der Waals surface area contributed by atoms with Crippen molar-refractivity contribution in [2.24, 2.45) is 11.8 Å². The Morgan fingerprint density at radius 1 is 1.08 bits per heavy atom. The van der Waals surface area contributed by atoms with Crippen molar-refractivity contribution < 1.29 is 22.0 Å². The van der Waals surface area contributed by atoms with Crippen LogP contribution >= 0.6 is 0 Å². The van der Waals surface area contributed by atoms with Crippen LogP contribution in [0.25, 0.3) is 22.3 Å². The molecule has 2 unspecified atom stereocenters. The van der Waals surface area contributed by atoms with E-state index in [4.69, 9.17) is 9.97 Å². The van der Waals surface area contributed by atoms with Crippen LogP contribution in [0, 0.1) is 11.8 Å². The van der Waals surface area contributed by atoms with Gasteiger partial charge in [0.2, 0.25) is 0 Å². The summed E-state index contributed by atoms with van der Waals surface area (Å²) in [6.07, 6.45) is 5.66. The lowest BCUT2D eigenvalue weighted by Crippen LogP contribution is -2.32. The number of nitrogens with zero attached hydrogens (tertiary/aromatic N) is 5. The van der Waals surface area contributed by atoms with Gasteiger partial charge in [0.05, 0.1) is 39.6 Å². The molecule has 1 aliphatic heterocycles. The second-order valence-corrected chi connectivity index (χ2v) is 11.9. The van der Waals surface area contributed by atoms with Crippen molar-refractivity contribution in [3.63, 3.8) is 0 Å². The average molecular weight is 551 g/mol. The first kappa shape index (κ1) is 25.2.